The molecule has 2 aromatic carbocycles. The molecule has 38 heavy (non-hydrogen) atoms. The fraction of sp³-hybridized carbons (Fsp3) is 0.667. The molecule has 0 aliphatic carbocycles. The largest absolute Gasteiger partial charge is 0.744 e. The topological polar surface area (TPSA) is 95.9 Å². The fourth-order valence-electron chi connectivity index (χ4n) is 4.48. The first-order chi connectivity index (χ1) is 18.2. The predicted molar refractivity (Wildman–Crippen MR) is 161 cm³/mol. The molecule has 2 aromatic rings. The van der Waals surface area contributed by atoms with Gasteiger partial charge in [-0.2, -0.15) is 0 Å². The molecule has 6 nitrogen and oxygen atoms in total. The van der Waals surface area contributed by atoms with Gasteiger partial charge in [0.05, 0.1) is 49.4 Å². The van der Waals surface area contributed by atoms with Crippen LogP contribution in [0.15, 0.2) is 41.3 Å². The molecule has 0 atom stereocenters. The van der Waals surface area contributed by atoms with Gasteiger partial charge in [0.15, 0.2) is 0 Å². The third kappa shape index (κ3) is 13.7. The number of aliphatic hydroxyl groups is 1. The van der Waals surface area contributed by atoms with Gasteiger partial charge in [-0.1, -0.05) is 65.5 Å². The summed E-state index contributed by atoms with van der Waals surface area (Å²) in [5.74, 6) is 0.618. The quantitative estimate of drug-likeness (QED) is 0.108. The van der Waals surface area contributed by atoms with E-state index >= 15 is 0 Å². The number of ether oxygens (including phenoxy) is 2. The number of aliphatic hydroxyl groups excluding tert-OH is 1. The minimum Gasteiger partial charge on any atom is -0.744 e. The molecule has 0 aliphatic heterocycles. The smallest absolute Gasteiger partial charge is 0.124 e. The highest BCUT2D eigenvalue weighted by molar-refractivity contribution is 7.85. The molecule has 0 aliphatic rings. The molecule has 0 saturated carbocycles. The highest BCUT2D eigenvalue weighted by Crippen LogP contribution is 2.61. The summed E-state index contributed by atoms with van der Waals surface area (Å²) < 4.78 is 43.4. The van der Waals surface area contributed by atoms with Gasteiger partial charge in [-0.15, -0.1) is 0 Å². The summed E-state index contributed by atoms with van der Waals surface area (Å²) in [4.78, 5) is -0.249. The van der Waals surface area contributed by atoms with Crippen molar-refractivity contribution in [3.05, 3.63) is 36.4 Å². The van der Waals surface area contributed by atoms with Crippen molar-refractivity contribution in [1.29, 1.82) is 0 Å². The number of fused-ring (bicyclic) bond motifs is 1. The normalized spacial score (nSPS) is 11.8. The van der Waals surface area contributed by atoms with Gasteiger partial charge in [0.2, 0.25) is 0 Å². The van der Waals surface area contributed by atoms with Crippen molar-refractivity contribution in [3.8, 4) is 5.75 Å². The number of hydrogen-bond acceptors (Lipinski definition) is 6. The summed E-state index contributed by atoms with van der Waals surface area (Å²) in [6.45, 7) is 10.4. The van der Waals surface area contributed by atoms with Gasteiger partial charge in [-0.05, 0) is 60.7 Å². The van der Waals surface area contributed by atoms with Gasteiger partial charge in [-0.3, -0.25) is 0 Å². The number of benzene rings is 2. The maximum Gasteiger partial charge on any atom is 0.124 e. The van der Waals surface area contributed by atoms with Crippen molar-refractivity contribution in [2.45, 2.75) is 84.0 Å². The summed E-state index contributed by atoms with van der Waals surface area (Å²) in [6.07, 6.45) is 17.9. The average Bonchev–Trinajstić information content (AvgIpc) is 2.91. The molecule has 0 bridgehead atoms. The zero-order chi connectivity index (χ0) is 28.3. The van der Waals surface area contributed by atoms with E-state index in [2.05, 4.69) is 27.7 Å². The molecule has 0 saturated heterocycles. The molecule has 0 spiro atoms. The predicted octanol–water partition coefficient (Wildman–Crippen LogP) is 7.34. The molecule has 2 rings (SSSR count). The molecule has 0 fully saturated rings. The van der Waals surface area contributed by atoms with Crippen LogP contribution in [0.4, 0.5) is 0 Å². The summed E-state index contributed by atoms with van der Waals surface area (Å²) in [5, 5.41) is 9.97. The summed E-state index contributed by atoms with van der Waals surface area (Å²) in [6, 6.07) is 9.31. The molecule has 218 valence electrons. The van der Waals surface area contributed by atoms with Crippen molar-refractivity contribution in [3.63, 3.8) is 0 Å². The van der Waals surface area contributed by atoms with E-state index in [1.165, 1.54) is 63.5 Å². The zero-order valence-corrected chi connectivity index (χ0v) is 25.8. The van der Waals surface area contributed by atoms with Gasteiger partial charge in [0, 0.05) is 7.26 Å². The van der Waals surface area contributed by atoms with E-state index in [4.69, 9.17) is 14.6 Å². The van der Waals surface area contributed by atoms with E-state index in [0.29, 0.717) is 24.3 Å². The number of hydrogen-bond donors (Lipinski definition) is 1. The maximum atomic E-state index is 11.0. The van der Waals surface area contributed by atoms with Crippen LogP contribution in [0.1, 0.15) is 79.1 Å². The molecule has 1 N–H and O–H groups in total. The second-order valence-corrected chi connectivity index (χ2v) is 15.8. The maximum absolute atomic E-state index is 11.0. The van der Waals surface area contributed by atoms with Crippen molar-refractivity contribution in [2.75, 3.05) is 51.1 Å². The standard InChI is InChI=1S/C16H36P.C14H16O6S/c1-5-9-13-17(14-10-6-2,15-11-7-3)16-12-8-4;15-5-6-19-7-8-20-13-3-1-12-10-14(21(16,17)18)4-2-11(12)9-13/h5-16H2,1-4H3;1-4,9-10,15H,5-8H2,(H,16,17,18)/q+1;/p-1. The van der Waals surface area contributed by atoms with E-state index in [-0.39, 0.29) is 18.1 Å². The van der Waals surface area contributed by atoms with Crippen molar-refractivity contribution >= 4 is 28.2 Å². The van der Waals surface area contributed by atoms with E-state index in [1.54, 1.807) is 48.9 Å². The highest BCUT2D eigenvalue weighted by atomic mass is 32.2. The molecule has 0 aromatic heterocycles. The van der Waals surface area contributed by atoms with Crippen LogP contribution in [0.25, 0.3) is 10.8 Å². The molecule has 8 heteroatoms. The monoisotopic (exact) mass is 570 g/mol. The van der Waals surface area contributed by atoms with Gasteiger partial charge in [0.25, 0.3) is 0 Å². The summed E-state index contributed by atoms with van der Waals surface area (Å²) in [5.41, 5.74) is 0. The van der Waals surface area contributed by atoms with Gasteiger partial charge >= 0.3 is 0 Å². The third-order valence-corrected chi connectivity index (χ3v) is 12.6. The Hall–Kier alpha value is -1.24. The Kier molecular flexibility index (Phi) is 18.1. The average molecular weight is 571 g/mol. The third-order valence-electron chi connectivity index (χ3n) is 6.75. The van der Waals surface area contributed by atoms with Crippen LogP contribution >= 0.6 is 7.26 Å². The Bertz CT molecular complexity index is 958. The lowest BCUT2D eigenvalue weighted by atomic mass is 10.1. The molecule has 0 heterocycles. The Morgan fingerprint density at radius 2 is 1.24 bits per heavy atom. The fourth-order valence-corrected chi connectivity index (χ4v) is 10.3. The minimum atomic E-state index is -4.45. The Morgan fingerprint density at radius 1 is 0.737 bits per heavy atom. The zero-order valence-electron chi connectivity index (χ0n) is 24.1. The summed E-state index contributed by atoms with van der Waals surface area (Å²) >= 11 is 0. The molecule has 0 radical (unpaired) electrons. The van der Waals surface area contributed by atoms with E-state index < -0.39 is 17.4 Å². The summed E-state index contributed by atoms with van der Waals surface area (Å²) in [7, 11) is -5.01. The second-order valence-electron chi connectivity index (χ2n) is 9.96. The van der Waals surface area contributed by atoms with Gasteiger partial charge < -0.3 is 19.1 Å². The van der Waals surface area contributed by atoms with E-state index in [1.807, 2.05) is 0 Å². The van der Waals surface area contributed by atoms with Crippen molar-refractivity contribution in [1.82, 2.24) is 0 Å². The van der Waals surface area contributed by atoms with E-state index in [0.717, 1.165) is 5.39 Å². The van der Waals surface area contributed by atoms with Crippen LogP contribution < -0.4 is 4.74 Å². The molecular weight excluding hydrogens is 519 g/mol. The SMILES string of the molecule is CCCC[P+](CCCC)(CCCC)CCCC.O=S(=O)([O-])c1ccc2cc(OCCOCCO)ccc2c1. The minimum absolute atomic E-state index is 0.0269. The number of unbranched alkanes of at least 4 members (excludes halogenated alkanes) is 4. The Morgan fingerprint density at radius 3 is 1.71 bits per heavy atom. The van der Waals surface area contributed by atoms with Gasteiger partial charge in [0.1, 0.15) is 22.5 Å². The van der Waals surface area contributed by atoms with Crippen LogP contribution in [0, 0.1) is 0 Å². The van der Waals surface area contributed by atoms with Crippen LogP contribution in [-0.2, 0) is 14.9 Å². The van der Waals surface area contributed by atoms with Crippen LogP contribution in [0.5, 0.6) is 5.75 Å². The molecule has 0 unspecified atom stereocenters. The lowest BCUT2D eigenvalue weighted by Gasteiger charge is -2.28. The first-order valence-corrected chi connectivity index (χ1v) is 18.3. The van der Waals surface area contributed by atoms with Gasteiger partial charge in [-0.25, -0.2) is 8.42 Å². The number of rotatable bonds is 19. The Balaban J connectivity index is 0.000000391. The molecule has 0 amide bonds. The van der Waals surface area contributed by atoms with Crippen LogP contribution in [-0.4, -0.2) is 69.2 Å². The van der Waals surface area contributed by atoms with Crippen LogP contribution in [0.2, 0.25) is 0 Å². The lowest BCUT2D eigenvalue weighted by Crippen LogP contribution is -2.12. The van der Waals surface area contributed by atoms with E-state index in [9.17, 15) is 13.0 Å². The highest BCUT2D eigenvalue weighted by Gasteiger charge is 2.34. The first-order valence-electron chi connectivity index (χ1n) is 14.4. The van der Waals surface area contributed by atoms with Crippen LogP contribution in [0.3, 0.4) is 0 Å². The lowest BCUT2D eigenvalue weighted by molar-refractivity contribution is 0.0705. The first kappa shape index (κ1) is 34.8. The second kappa shape index (κ2) is 19.8. The van der Waals surface area contributed by atoms with Crippen molar-refractivity contribution in [2.24, 2.45) is 0 Å². The molecular formula is C30H51O6PS. The van der Waals surface area contributed by atoms with Crippen molar-refractivity contribution < 1.29 is 27.6 Å². The Labute approximate surface area is 232 Å².